The Hall–Kier alpha value is -1.52. The molecule has 0 fully saturated rings. The Balaban J connectivity index is 2.26. The molecule has 1 aromatic heterocycles. The van der Waals surface area contributed by atoms with Crippen LogP contribution in [0.25, 0.3) is 16.6 Å². The van der Waals surface area contributed by atoms with Crippen LogP contribution < -0.4 is 5.73 Å². The van der Waals surface area contributed by atoms with Crippen LogP contribution in [0.2, 0.25) is 0 Å². The quantitative estimate of drug-likeness (QED) is 0.918. The van der Waals surface area contributed by atoms with E-state index in [1.807, 2.05) is 11.5 Å². The molecule has 0 bridgehead atoms. The maximum atomic E-state index is 12.9. The number of nitrogens with two attached hydrogens (primary N) is 1. The van der Waals surface area contributed by atoms with E-state index in [1.54, 1.807) is 23.5 Å². The summed E-state index contributed by atoms with van der Waals surface area (Å²) < 4.78 is 12.9. The number of hydrogen-bond acceptors (Lipinski definition) is 3. The molecular formula is C15H17FN2S. The van der Waals surface area contributed by atoms with E-state index in [9.17, 15) is 4.39 Å². The standard InChI is InChI=1S/C15H17FN2S/c1-10(2)12(8-17)7-14-9-19-15(18-14)11-3-5-13(16)6-4-11/h3-7,9-10H,8,17H2,1-2H3. The van der Waals surface area contributed by atoms with Crippen molar-refractivity contribution in [3.63, 3.8) is 0 Å². The van der Waals surface area contributed by atoms with Crippen molar-refractivity contribution in [3.05, 3.63) is 46.7 Å². The molecule has 0 aliphatic heterocycles. The van der Waals surface area contributed by atoms with Crippen LogP contribution >= 0.6 is 11.3 Å². The van der Waals surface area contributed by atoms with Crippen molar-refractivity contribution < 1.29 is 4.39 Å². The minimum Gasteiger partial charge on any atom is -0.327 e. The molecule has 2 nitrogen and oxygen atoms in total. The number of hydrogen-bond donors (Lipinski definition) is 1. The number of rotatable bonds is 4. The third-order valence-electron chi connectivity index (χ3n) is 2.92. The highest BCUT2D eigenvalue weighted by atomic mass is 32.1. The highest BCUT2D eigenvalue weighted by Gasteiger charge is 2.06. The van der Waals surface area contributed by atoms with Crippen LogP contribution in [0.5, 0.6) is 0 Å². The van der Waals surface area contributed by atoms with Gasteiger partial charge in [0, 0.05) is 17.5 Å². The fourth-order valence-electron chi connectivity index (χ4n) is 1.73. The number of nitrogens with zero attached hydrogens (tertiary/aromatic N) is 1. The highest BCUT2D eigenvalue weighted by Crippen LogP contribution is 2.25. The van der Waals surface area contributed by atoms with Crippen molar-refractivity contribution in [1.82, 2.24) is 4.98 Å². The zero-order valence-electron chi connectivity index (χ0n) is 11.1. The van der Waals surface area contributed by atoms with Gasteiger partial charge in [0.1, 0.15) is 10.8 Å². The minimum atomic E-state index is -0.231. The summed E-state index contributed by atoms with van der Waals surface area (Å²) in [6, 6.07) is 6.39. The van der Waals surface area contributed by atoms with Crippen molar-refractivity contribution in [3.8, 4) is 10.6 Å². The molecule has 0 atom stereocenters. The molecule has 0 aliphatic carbocycles. The Morgan fingerprint density at radius 3 is 2.63 bits per heavy atom. The number of halogens is 1. The van der Waals surface area contributed by atoms with Gasteiger partial charge in [-0.3, -0.25) is 0 Å². The average Bonchev–Trinajstić information content (AvgIpc) is 2.85. The molecule has 0 amide bonds. The zero-order valence-corrected chi connectivity index (χ0v) is 11.9. The molecule has 0 aliphatic rings. The number of aromatic nitrogens is 1. The van der Waals surface area contributed by atoms with Crippen LogP contribution in [0, 0.1) is 11.7 Å². The maximum Gasteiger partial charge on any atom is 0.124 e. The summed E-state index contributed by atoms with van der Waals surface area (Å²) in [5.74, 6) is 0.187. The lowest BCUT2D eigenvalue weighted by molar-refractivity contribution is 0.628. The second-order valence-corrected chi connectivity index (χ2v) is 5.52. The molecule has 2 N–H and O–H groups in total. The Labute approximate surface area is 116 Å². The third-order valence-corrected chi connectivity index (χ3v) is 3.83. The van der Waals surface area contributed by atoms with Crippen LogP contribution in [-0.2, 0) is 0 Å². The highest BCUT2D eigenvalue weighted by molar-refractivity contribution is 7.13. The summed E-state index contributed by atoms with van der Waals surface area (Å²) in [5.41, 5.74) is 8.75. The predicted molar refractivity (Wildman–Crippen MR) is 79.4 cm³/mol. The molecule has 1 heterocycles. The van der Waals surface area contributed by atoms with Crippen molar-refractivity contribution in [2.24, 2.45) is 11.7 Å². The smallest absolute Gasteiger partial charge is 0.124 e. The molecule has 0 spiro atoms. The first-order valence-corrected chi connectivity index (χ1v) is 7.10. The average molecular weight is 276 g/mol. The molecule has 2 rings (SSSR count). The van der Waals surface area contributed by atoms with Gasteiger partial charge in [0.05, 0.1) is 5.69 Å². The summed E-state index contributed by atoms with van der Waals surface area (Å²) in [7, 11) is 0. The normalized spacial score (nSPS) is 12.2. The van der Waals surface area contributed by atoms with Crippen molar-refractivity contribution in [2.75, 3.05) is 6.54 Å². The maximum absolute atomic E-state index is 12.9. The molecule has 4 heteroatoms. The van der Waals surface area contributed by atoms with Crippen LogP contribution in [0.3, 0.4) is 0 Å². The zero-order chi connectivity index (χ0) is 13.8. The van der Waals surface area contributed by atoms with E-state index in [4.69, 9.17) is 5.73 Å². The van der Waals surface area contributed by atoms with Gasteiger partial charge in [-0.25, -0.2) is 9.37 Å². The number of benzene rings is 1. The van der Waals surface area contributed by atoms with Crippen molar-refractivity contribution in [2.45, 2.75) is 13.8 Å². The molecule has 0 unspecified atom stereocenters. The van der Waals surface area contributed by atoms with Gasteiger partial charge in [-0.2, -0.15) is 0 Å². The van der Waals surface area contributed by atoms with Gasteiger partial charge in [-0.05, 0) is 36.3 Å². The molecule has 0 radical (unpaired) electrons. The summed E-state index contributed by atoms with van der Waals surface area (Å²) in [6.07, 6.45) is 2.04. The Kier molecular flexibility index (Phi) is 4.45. The summed E-state index contributed by atoms with van der Waals surface area (Å²) >= 11 is 1.55. The second-order valence-electron chi connectivity index (χ2n) is 4.66. The molecule has 100 valence electrons. The molecular weight excluding hydrogens is 259 g/mol. The van der Waals surface area contributed by atoms with Gasteiger partial charge in [0.2, 0.25) is 0 Å². The molecule has 1 aromatic carbocycles. The number of thiazole rings is 1. The van der Waals surface area contributed by atoms with E-state index in [-0.39, 0.29) is 5.82 Å². The summed E-state index contributed by atoms with van der Waals surface area (Å²) in [6.45, 7) is 4.78. The third kappa shape index (κ3) is 3.49. The second kappa shape index (κ2) is 6.08. The van der Waals surface area contributed by atoms with E-state index >= 15 is 0 Å². The van der Waals surface area contributed by atoms with E-state index in [1.165, 1.54) is 17.7 Å². The van der Waals surface area contributed by atoms with Crippen molar-refractivity contribution in [1.29, 1.82) is 0 Å². The van der Waals surface area contributed by atoms with E-state index in [2.05, 4.69) is 18.8 Å². The van der Waals surface area contributed by atoms with E-state index in [0.717, 1.165) is 16.3 Å². The SMILES string of the molecule is CC(C)C(=Cc1csc(-c2ccc(F)cc2)n1)CN. The molecule has 0 saturated carbocycles. The lowest BCUT2D eigenvalue weighted by atomic mass is 10.0. The first-order chi connectivity index (χ1) is 9.10. The Bertz CT molecular complexity index is 570. The van der Waals surface area contributed by atoms with Gasteiger partial charge in [0.25, 0.3) is 0 Å². The lowest BCUT2D eigenvalue weighted by Gasteiger charge is -2.06. The topological polar surface area (TPSA) is 38.9 Å². The van der Waals surface area contributed by atoms with Crippen molar-refractivity contribution >= 4 is 17.4 Å². The fourth-order valence-corrected chi connectivity index (χ4v) is 2.51. The first-order valence-electron chi connectivity index (χ1n) is 6.22. The largest absolute Gasteiger partial charge is 0.327 e. The Morgan fingerprint density at radius 2 is 2.05 bits per heavy atom. The van der Waals surface area contributed by atoms with Gasteiger partial charge in [-0.1, -0.05) is 19.4 Å². The summed E-state index contributed by atoms with van der Waals surface area (Å²) in [5, 5.41) is 2.89. The lowest BCUT2D eigenvalue weighted by Crippen LogP contribution is -2.08. The summed E-state index contributed by atoms with van der Waals surface area (Å²) in [4.78, 5) is 4.54. The van der Waals surface area contributed by atoms with E-state index in [0.29, 0.717) is 12.5 Å². The fraction of sp³-hybridized carbons (Fsp3) is 0.267. The van der Waals surface area contributed by atoms with Gasteiger partial charge < -0.3 is 5.73 Å². The van der Waals surface area contributed by atoms with Gasteiger partial charge >= 0.3 is 0 Å². The van der Waals surface area contributed by atoms with Crippen LogP contribution in [0.4, 0.5) is 4.39 Å². The van der Waals surface area contributed by atoms with Gasteiger partial charge in [0.15, 0.2) is 0 Å². The Morgan fingerprint density at radius 1 is 1.37 bits per heavy atom. The molecule has 19 heavy (non-hydrogen) atoms. The molecule has 2 aromatic rings. The predicted octanol–water partition coefficient (Wildman–Crippen LogP) is 3.95. The van der Waals surface area contributed by atoms with Crippen LogP contribution in [0.15, 0.2) is 35.2 Å². The molecule has 0 saturated heterocycles. The van der Waals surface area contributed by atoms with Crippen LogP contribution in [0.1, 0.15) is 19.5 Å². The van der Waals surface area contributed by atoms with E-state index < -0.39 is 0 Å². The first kappa shape index (κ1) is 13.9. The monoisotopic (exact) mass is 276 g/mol. The van der Waals surface area contributed by atoms with Crippen LogP contribution in [-0.4, -0.2) is 11.5 Å². The van der Waals surface area contributed by atoms with Gasteiger partial charge in [-0.15, -0.1) is 11.3 Å². The minimum absolute atomic E-state index is 0.231.